The monoisotopic (exact) mass is 248 g/mol. The fraction of sp³-hybridized carbons (Fsp3) is 0.500. The predicted molar refractivity (Wildman–Crippen MR) is 70.6 cm³/mol. The van der Waals surface area contributed by atoms with E-state index >= 15 is 0 Å². The smallest absolute Gasteiger partial charge is 0.315 e. The Bertz CT molecular complexity index is 399. The van der Waals surface area contributed by atoms with Gasteiger partial charge >= 0.3 is 6.03 Å². The van der Waals surface area contributed by atoms with Crippen LogP contribution in [0.3, 0.4) is 0 Å². The fourth-order valence-electron chi connectivity index (χ4n) is 1.90. The van der Waals surface area contributed by atoms with E-state index in [9.17, 15) is 4.79 Å². The van der Waals surface area contributed by atoms with Crippen molar-refractivity contribution in [2.24, 2.45) is 5.92 Å². The minimum atomic E-state index is -0.0924. The van der Waals surface area contributed by atoms with Crippen molar-refractivity contribution in [1.29, 1.82) is 0 Å². The van der Waals surface area contributed by atoms with Gasteiger partial charge in [0.15, 0.2) is 0 Å². The van der Waals surface area contributed by atoms with E-state index in [1.807, 2.05) is 24.3 Å². The van der Waals surface area contributed by atoms with Crippen LogP contribution in [0.1, 0.15) is 25.3 Å². The predicted octanol–water partition coefficient (Wildman–Crippen LogP) is 2.29. The molecule has 4 nitrogen and oxygen atoms in total. The largest absolute Gasteiger partial charge is 0.497 e. The number of amides is 2. The Labute approximate surface area is 108 Å². The van der Waals surface area contributed by atoms with Crippen LogP contribution in [0.2, 0.25) is 0 Å². The molecule has 2 N–H and O–H groups in total. The van der Waals surface area contributed by atoms with Gasteiger partial charge in [0.2, 0.25) is 0 Å². The second kappa shape index (κ2) is 5.76. The lowest BCUT2D eigenvalue weighted by Gasteiger charge is -2.13. The molecule has 98 valence electrons. The van der Waals surface area contributed by atoms with Gasteiger partial charge in [0.25, 0.3) is 0 Å². The van der Waals surface area contributed by atoms with Gasteiger partial charge in [0.1, 0.15) is 5.75 Å². The van der Waals surface area contributed by atoms with E-state index in [2.05, 4.69) is 17.6 Å². The molecule has 2 rings (SSSR count). The molecule has 1 aromatic rings. The quantitative estimate of drug-likeness (QED) is 0.840. The summed E-state index contributed by atoms with van der Waals surface area (Å²) in [5.41, 5.74) is 1.06. The summed E-state index contributed by atoms with van der Waals surface area (Å²) in [6, 6.07) is 7.86. The maximum Gasteiger partial charge on any atom is 0.315 e. The number of hydrogen-bond donors (Lipinski definition) is 2. The minimum absolute atomic E-state index is 0.0924. The van der Waals surface area contributed by atoms with Crippen LogP contribution in [0.15, 0.2) is 24.3 Å². The Balaban J connectivity index is 1.74. The summed E-state index contributed by atoms with van der Waals surface area (Å²) < 4.78 is 5.08. The summed E-state index contributed by atoms with van der Waals surface area (Å²) in [4.78, 5) is 11.6. The van der Waals surface area contributed by atoms with Crippen molar-refractivity contribution in [3.05, 3.63) is 29.8 Å². The van der Waals surface area contributed by atoms with Crippen molar-refractivity contribution in [3.8, 4) is 5.75 Å². The van der Waals surface area contributed by atoms with Gasteiger partial charge in [0, 0.05) is 12.6 Å². The van der Waals surface area contributed by atoms with Crippen LogP contribution < -0.4 is 15.4 Å². The average Bonchev–Trinajstić information content (AvgIpc) is 3.21. The van der Waals surface area contributed by atoms with Gasteiger partial charge in [-0.25, -0.2) is 4.79 Å². The molecule has 4 heteroatoms. The van der Waals surface area contributed by atoms with E-state index in [1.54, 1.807) is 7.11 Å². The van der Waals surface area contributed by atoms with Crippen LogP contribution in [0, 0.1) is 5.92 Å². The van der Waals surface area contributed by atoms with Crippen LogP contribution in [-0.4, -0.2) is 19.2 Å². The Hall–Kier alpha value is -1.71. The van der Waals surface area contributed by atoms with Gasteiger partial charge < -0.3 is 15.4 Å². The molecule has 2 amide bonds. The molecule has 1 saturated carbocycles. The van der Waals surface area contributed by atoms with E-state index in [1.165, 1.54) is 12.8 Å². The number of hydrogen-bond acceptors (Lipinski definition) is 2. The highest BCUT2D eigenvalue weighted by Gasteiger charge is 2.28. The standard InChI is InChI=1S/C14H20N2O2/c1-10(12-5-6-12)16-14(17)15-9-11-3-7-13(18-2)8-4-11/h3-4,7-8,10,12H,5-6,9H2,1-2H3,(H2,15,16,17). The Kier molecular flexibility index (Phi) is 4.07. The van der Waals surface area contributed by atoms with Crippen LogP contribution in [0.25, 0.3) is 0 Å². The average molecular weight is 248 g/mol. The number of carbonyl (C=O) groups is 1. The maximum atomic E-state index is 11.6. The first-order chi connectivity index (χ1) is 8.69. The SMILES string of the molecule is COc1ccc(CNC(=O)NC(C)C2CC2)cc1. The maximum absolute atomic E-state index is 11.6. The van der Waals surface area contributed by atoms with Crippen molar-refractivity contribution >= 4 is 6.03 Å². The van der Waals surface area contributed by atoms with E-state index < -0.39 is 0 Å². The number of methoxy groups -OCH3 is 1. The molecule has 18 heavy (non-hydrogen) atoms. The topological polar surface area (TPSA) is 50.4 Å². The van der Waals surface area contributed by atoms with E-state index in [0.717, 1.165) is 11.3 Å². The fourth-order valence-corrected chi connectivity index (χ4v) is 1.90. The molecular weight excluding hydrogens is 228 g/mol. The van der Waals surface area contributed by atoms with Crippen LogP contribution in [0.4, 0.5) is 4.79 Å². The molecule has 1 aliphatic rings. The number of urea groups is 1. The Morgan fingerprint density at radius 3 is 2.61 bits per heavy atom. The number of ether oxygens (including phenoxy) is 1. The van der Waals surface area contributed by atoms with Crippen molar-refractivity contribution in [2.75, 3.05) is 7.11 Å². The molecule has 1 atom stereocenters. The molecule has 0 bridgehead atoms. The molecule has 0 saturated heterocycles. The summed E-state index contributed by atoms with van der Waals surface area (Å²) in [7, 11) is 1.64. The van der Waals surface area contributed by atoms with Crippen molar-refractivity contribution in [2.45, 2.75) is 32.4 Å². The molecule has 1 unspecified atom stereocenters. The number of rotatable bonds is 5. The van der Waals surface area contributed by atoms with Gasteiger partial charge in [0.05, 0.1) is 7.11 Å². The van der Waals surface area contributed by atoms with E-state index in [0.29, 0.717) is 12.5 Å². The van der Waals surface area contributed by atoms with Gasteiger partial charge in [-0.2, -0.15) is 0 Å². The third-order valence-corrected chi connectivity index (χ3v) is 3.30. The van der Waals surface area contributed by atoms with Gasteiger partial charge in [-0.3, -0.25) is 0 Å². The normalized spacial score (nSPS) is 15.9. The first-order valence-corrected chi connectivity index (χ1v) is 6.36. The lowest BCUT2D eigenvalue weighted by Crippen LogP contribution is -2.41. The molecule has 0 spiro atoms. The zero-order valence-corrected chi connectivity index (χ0v) is 10.9. The summed E-state index contributed by atoms with van der Waals surface area (Å²) in [5.74, 6) is 1.50. The Morgan fingerprint density at radius 1 is 1.39 bits per heavy atom. The van der Waals surface area contributed by atoms with Crippen LogP contribution >= 0.6 is 0 Å². The number of nitrogens with one attached hydrogen (secondary N) is 2. The molecule has 0 heterocycles. The van der Waals surface area contributed by atoms with Gasteiger partial charge in [-0.1, -0.05) is 12.1 Å². The molecule has 0 radical (unpaired) electrons. The highest BCUT2D eigenvalue weighted by Crippen LogP contribution is 2.32. The summed E-state index contributed by atoms with van der Waals surface area (Å²) >= 11 is 0. The van der Waals surface area contributed by atoms with Crippen LogP contribution in [0.5, 0.6) is 5.75 Å². The van der Waals surface area contributed by atoms with Gasteiger partial charge in [-0.05, 0) is 43.4 Å². The first kappa shape index (κ1) is 12.7. The summed E-state index contributed by atoms with van der Waals surface area (Å²) in [5, 5.41) is 5.82. The minimum Gasteiger partial charge on any atom is -0.497 e. The molecule has 0 aliphatic heterocycles. The zero-order chi connectivity index (χ0) is 13.0. The first-order valence-electron chi connectivity index (χ1n) is 6.36. The highest BCUT2D eigenvalue weighted by atomic mass is 16.5. The third-order valence-electron chi connectivity index (χ3n) is 3.30. The van der Waals surface area contributed by atoms with Crippen molar-refractivity contribution in [1.82, 2.24) is 10.6 Å². The second-order valence-corrected chi connectivity index (χ2v) is 4.80. The van der Waals surface area contributed by atoms with Crippen LogP contribution in [-0.2, 0) is 6.54 Å². The summed E-state index contributed by atoms with van der Waals surface area (Å²) in [6.07, 6.45) is 2.47. The second-order valence-electron chi connectivity index (χ2n) is 4.80. The highest BCUT2D eigenvalue weighted by molar-refractivity contribution is 5.74. The molecule has 1 fully saturated rings. The van der Waals surface area contributed by atoms with E-state index in [4.69, 9.17) is 4.74 Å². The van der Waals surface area contributed by atoms with Crippen molar-refractivity contribution in [3.63, 3.8) is 0 Å². The molecular formula is C14H20N2O2. The third kappa shape index (κ3) is 3.65. The Morgan fingerprint density at radius 2 is 2.06 bits per heavy atom. The van der Waals surface area contributed by atoms with E-state index in [-0.39, 0.29) is 12.1 Å². The molecule has 0 aromatic heterocycles. The number of benzene rings is 1. The zero-order valence-electron chi connectivity index (χ0n) is 10.9. The lowest BCUT2D eigenvalue weighted by molar-refractivity contribution is 0.236. The molecule has 1 aliphatic carbocycles. The van der Waals surface area contributed by atoms with Crippen molar-refractivity contribution < 1.29 is 9.53 Å². The van der Waals surface area contributed by atoms with Gasteiger partial charge in [-0.15, -0.1) is 0 Å². The summed E-state index contributed by atoms with van der Waals surface area (Å²) in [6.45, 7) is 2.60. The number of carbonyl (C=O) groups excluding carboxylic acids is 1. The molecule has 1 aromatic carbocycles. The lowest BCUT2D eigenvalue weighted by atomic mass is 10.2.